The van der Waals surface area contributed by atoms with E-state index in [0.717, 1.165) is 19.2 Å². The molecular weight excluding hydrogens is 249 g/mol. The molecule has 1 aromatic carbocycles. The Labute approximate surface area is 98.6 Å². The first kappa shape index (κ1) is 13.6. The van der Waals surface area contributed by atoms with Crippen molar-refractivity contribution in [2.24, 2.45) is 0 Å². The molecule has 0 amide bonds. The summed E-state index contributed by atoms with van der Waals surface area (Å²) < 4.78 is 43.1. The number of hydrogen-bond acceptors (Lipinski definition) is 4. The topological polar surface area (TPSA) is 72.5 Å². The van der Waals surface area contributed by atoms with Gasteiger partial charge in [0, 0.05) is 0 Å². The second-order valence-electron chi connectivity index (χ2n) is 3.30. The highest BCUT2D eigenvalue weighted by atomic mass is 32.2. The zero-order chi connectivity index (χ0) is 13.1. The summed E-state index contributed by atoms with van der Waals surface area (Å²) in [6.07, 6.45) is 0. The summed E-state index contributed by atoms with van der Waals surface area (Å²) in [5.74, 6) is -1.62. The lowest BCUT2D eigenvalue weighted by Gasteiger charge is -2.12. The van der Waals surface area contributed by atoms with Crippen LogP contribution in [-0.4, -0.2) is 27.5 Å². The molecule has 1 rings (SSSR count). The highest BCUT2D eigenvalue weighted by molar-refractivity contribution is 7.89. The molecule has 0 radical (unpaired) electrons. The lowest BCUT2D eigenvalue weighted by molar-refractivity contribution is -0.142. The normalized spacial score (nSPS) is 13.1. The van der Waals surface area contributed by atoms with Crippen molar-refractivity contribution in [3.63, 3.8) is 0 Å². The lowest BCUT2D eigenvalue weighted by atomic mass is 10.3. The number of nitrogens with one attached hydrogen (secondary N) is 1. The van der Waals surface area contributed by atoms with Crippen molar-refractivity contribution in [2.45, 2.75) is 17.9 Å². The first-order chi connectivity index (χ1) is 7.88. The summed E-state index contributed by atoms with van der Waals surface area (Å²) in [6, 6.07) is 3.82. The number of methoxy groups -OCH3 is 1. The minimum atomic E-state index is -4.07. The van der Waals surface area contributed by atoms with E-state index in [4.69, 9.17) is 0 Å². The molecule has 1 aromatic rings. The van der Waals surface area contributed by atoms with Crippen molar-refractivity contribution < 1.29 is 22.3 Å². The summed E-state index contributed by atoms with van der Waals surface area (Å²) in [6.45, 7) is 1.31. The Morgan fingerprint density at radius 3 is 2.53 bits per heavy atom. The number of esters is 1. The maximum Gasteiger partial charge on any atom is 0.323 e. The van der Waals surface area contributed by atoms with Crippen molar-refractivity contribution in [3.05, 3.63) is 30.1 Å². The van der Waals surface area contributed by atoms with E-state index in [1.165, 1.54) is 19.1 Å². The zero-order valence-electron chi connectivity index (χ0n) is 9.31. The average Bonchev–Trinajstić information content (AvgIpc) is 2.27. The number of benzene rings is 1. The quantitative estimate of drug-likeness (QED) is 0.808. The summed E-state index contributed by atoms with van der Waals surface area (Å²) in [5.41, 5.74) is 0. The summed E-state index contributed by atoms with van der Waals surface area (Å²) >= 11 is 0. The van der Waals surface area contributed by atoms with Gasteiger partial charge in [0.05, 0.1) is 7.11 Å². The molecule has 0 saturated heterocycles. The number of carbonyl (C=O) groups excluding carboxylic acids is 1. The third-order valence-electron chi connectivity index (χ3n) is 2.01. The van der Waals surface area contributed by atoms with E-state index in [-0.39, 0.29) is 0 Å². The Hall–Kier alpha value is -1.47. The van der Waals surface area contributed by atoms with Gasteiger partial charge in [0.2, 0.25) is 10.0 Å². The van der Waals surface area contributed by atoms with E-state index < -0.39 is 32.7 Å². The molecule has 0 heterocycles. The number of halogens is 1. The Morgan fingerprint density at radius 2 is 2.00 bits per heavy atom. The number of sulfonamides is 1. The molecule has 0 aliphatic heterocycles. The minimum Gasteiger partial charge on any atom is -0.468 e. The van der Waals surface area contributed by atoms with Crippen molar-refractivity contribution >= 4 is 16.0 Å². The molecule has 5 nitrogen and oxygen atoms in total. The Morgan fingerprint density at radius 1 is 1.41 bits per heavy atom. The van der Waals surface area contributed by atoms with Gasteiger partial charge in [-0.1, -0.05) is 12.1 Å². The van der Waals surface area contributed by atoms with Crippen LogP contribution in [0.15, 0.2) is 29.2 Å². The molecule has 0 saturated carbocycles. The van der Waals surface area contributed by atoms with Gasteiger partial charge < -0.3 is 4.74 Å². The van der Waals surface area contributed by atoms with E-state index in [0.29, 0.717) is 0 Å². The maximum atomic E-state index is 13.3. The van der Waals surface area contributed by atoms with Gasteiger partial charge in [-0.3, -0.25) is 4.79 Å². The van der Waals surface area contributed by atoms with Crippen LogP contribution in [0.25, 0.3) is 0 Å². The molecule has 17 heavy (non-hydrogen) atoms. The standard InChI is InChI=1S/C10H12FNO4S/c1-7(10(13)16-2)12-17(14,15)9-6-4-3-5-8(9)11/h3-7,12H,1-2H3/t7-/m0/s1. The van der Waals surface area contributed by atoms with Crippen molar-refractivity contribution in [2.75, 3.05) is 7.11 Å². The van der Waals surface area contributed by atoms with Gasteiger partial charge in [0.1, 0.15) is 16.8 Å². The van der Waals surface area contributed by atoms with E-state index in [1.807, 2.05) is 4.72 Å². The highest BCUT2D eigenvalue weighted by Crippen LogP contribution is 2.13. The van der Waals surface area contributed by atoms with Gasteiger partial charge in [-0.05, 0) is 19.1 Å². The second-order valence-corrected chi connectivity index (χ2v) is 4.98. The number of rotatable bonds is 4. The molecule has 0 spiro atoms. The molecule has 0 aliphatic carbocycles. The molecule has 0 unspecified atom stereocenters. The van der Waals surface area contributed by atoms with Crippen molar-refractivity contribution in [1.29, 1.82) is 0 Å². The van der Waals surface area contributed by atoms with E-state index >= 15 is 0 Å². The van der Waals surface area contributed by atoms with Crippen LogP contribution in [0.3, 0.4) is 0 Å². The van der Waals surface area contributed by atoms with Crippen LogP contribution in [0.2, 0.25) is 0 Å². The van der Waals surface area contributed by atoms with Crippen LogP contribution in [-0.2, 0) is 19.6 Å². The van der Waals surface area contributed by atoms with Gasteiger partial charge in [-0.2, -0.15) is 4.72 Å². The highest BCUT2D eigenvalue weighted by Gasteiger charge is 2.24. The lowest BCUT2D eigenvalue weighted by Crippen LogP contribution is -2.39. The Kier molecular flexibility index (Phi) is 4.19. The molecule has 94 valence electrons. The predicted molar refractivity (Wildman–Crippen MR) is 58.2 cm³/mol. The van der Waals surface area contributed by atoms with Gasteiger partial charge in [-0.25, -0.2) is 12.8 Å². The molecular formula is C10H12FNO4S. The Balaban J connectivity index is 2.98. The molecule has 1 atom stereocenters. The van der Waals surface area contributed by atoms with Gasteiger partial charge in [0.25, 0.3) is 0 Å². The van der Waals surface area contributed by atoms with E-state index in [9.17, 15) is 17.6 Å². The average molecular weight is 261 g/mol. The maximum absolute atomic E-state index is 13.3. The van der Waals surface area contributed by atoms with Crippen LogP contribution in [0.4, 0.5) is 4.39 Å². The largest absolute Gasteiger partial charge is 0.468 e. The fourth-order valence-electron chi connectivity index (χ4n) is 1.18. The third kappa shape index (κ3) is 3.24. The van der Waals surface area contributed by atoms with Crippen LogP contribution in [0.5, 0.6) is 0 Å². The monoisotopic (exact) mass is 261 g/mol. The minimum absolute atomic E-state index is 0.504. The van der Waals surface area contributed by atoms with Gasteiger partial charge in [0.15, 0.2) is 0 Å². The fraction of sp³-hybridized carbons (Fsp3) is 0.300. The van der Waals surface area contributed by atoms with Crippen LogP contribution in [0.1, 0.15) is 6.92 Å². The summed E-state index contributed by atoms with van der Waals surface area (Å²) in [5, 5.41) is 0. The zero-order valence-corrected chi connectivity index (χ0v) is 10.1. The van der Waals surface area contributed by atoms with Crippen molar-refractivity contribution in [1.82, 2.24) is 4.72 Å². The predicted octanol–water partition coefficient (Wildman–Crippen LogP) is 0.665. The van der Waals surface area contributed by atoms with Crippen LogP contribution >= 0.6 is 0 Å². The SMILES string of the molecule is COC(=O)[C@H](C)NS(=O)(=O)c1ccccc1F. The number of hydrogen-bond donors (Lipinski definition) is 1. The fourth-order valence-corrected chi connectivity index (χ4v) is 2.45. The van der Waals surface area contributed by atoms with Gasteiger partial charge >= 0.3 is 5.97 Å². The summed E-state index contributed by atoms with van der Waals surface area (Å²) in [7, 11) is -2.94. The first-order valence-electron chi connectivity index (χ1n) is 4.73. The van der Waals surface area contributed by atoms with Crippen LogP contribution in [0, 0.1) is 5.82 Å². The van der Waals surface area contributed by atoms with E-state index in [1.54, 1.807) is 0 Å². The second kappa shape index (κ2) is 5.24. The molecule has 1 N–H and O–H groups in total. The first-order valence-corrected chi connectivity index (χ1v) is 6.21. The van der Waals surface area contributed by atoms with E-state index in [2.05, 4.69) is 4.74 Å². The molecule has 7 heteroatoms. The number of carbonyl (C=O) groups is 1. The molecule has 0 aromatic heterocycles. The van der Waals surface area contributed by atoms with Gasteiger partial charge in [-0.15, -0.1) is 0 Å². The molecule has 0 aliphatic rings. The van der Waals surface area contributed by atoms with Crippen molar-refractivity contribution in [3.8, 4) is 0 Å². The third-order valence-corrected chi connectivity index (χ3v) is 3.59. The number of ether oxygens (including phenoxy) is 1. The molecule has 0 bridgehead atoms. The summed E-state index contributed by atoms with van der Waals surface area (Å²) in [4.78, 5) is 10.6. The smallest absolute Gasteiger partial charge is 0.323 e. The Bertz CT molecular complexity index is 515. The van der Waals surface area contributed by atoms with Crippen LogP contribution < -0.4 is 4.72 Å². The molecule has 0 fully saturated rings.